The van der Waals surface area contributed by atoms with Crippen molar-refractivity contribution in [3.05, 3.63) is 66.4 Å². The molecule has 0 unspecified atom stereocenters. The fraction of sp³-hybridized carbons (Fsp3) is 0.222. The van der Waals surface area contributed by atoms with Crippen LogP contribution in [0, 0.1) is 5.82 Å². The van der Waals surface area contributed by atoms with E-state index >= 15 is 0 Å². The highest BCUT2D eigenvalue weighted by atomic mass is 32.2. The van der Waals surface area contributed by atoms with E-state index < -0.39 is 0 Å². The van der Waals surface area contributed by atoms with E-state index in [2.05, 4.69) is 5.10 Å². The minimum atomic E-state index is -0.305. The fourth-order valence-corrected chi connectivity index (χ4v) is 3.83. The highest BCUT2D eigenvalue weighted by Crippen LogP contribution is 2.22. The Labute approximate surface area is 149 Å². The molecule has 2 aromatic heterocycles. The molecule has 1 saturated heterocycles. The third kappa shape index (κ3) is 3.07. The van der Waals surface area contributed by atoms with Gasteiger partial charge in [-0.1, -0.05) is 0 Å². The molecule has 0 saturated carbocycles. The molecule has 0 bridgehead atoms. The van der Waals surface area contributed by atoms with E-state index in [1.54, 1.807) is 23.0 Å². The summed E-state index contributed by atoms with van der Waals surface area (Å²) in [5.74, 6) is 2.26. The minimum Gasteiger partial charge on any atom is -0.337 e. The van der Waals surface area contributed by atoms with Crippen molar-refractivity contribution >= 4 is 17.7 Å². The fourth-order valence-electron chi connectivity index (χ4n) is 2.93. The van der Waals surface area contributed by atoms with Crippen molar-refractivity contribution in [1.82, 2.24) is 19.2 Å². The molecule has 1 fully saturated rings. The maximum absolute atomic E-state index is 13.3. The van der Waals surface area contributed by atoms with Gasteiger partial charge in [0.15, 0.2) is 5.82 Å². The zero-order valence-electron chi connectivity index (χ0n) is 13.5. The first-order valence-corrected chi connectivity index (χ1v) is 9.24. The van der Waals surface area contributed by atoms with Gasteiger partial charge in [-0.3, -0.25) is 4.79 Å². The number of hydrogen-bond acceptors (Lipinski definition) is 3. The number of benzene rings is 1. The maximum atomic E-state index is 13.3. The Hall–Kier alpha value is -2.54. The van der Waals surface area contributed by atoms with E-state index in [0.717, 1.165) is 24.6 Å². The largest absolute Gasteiger partial charge is 0.337 e. The first-order valence-electron chi connectivity index (χ1n) is 8.08. The standard InChI is InChI=1S/C18H17FN4OS/c19-14-3-5-15(6-4-14)23-17(21-7-1-2-8-21)16(13-20-23)18(24)22-9-11-25-12-10-22/h1-8,13H,9-12H2. The molecule has 0 atom stereocenters. The molecule has 4 rings (SSSR count). The summed E-state index contributed by atoms with van der Waals surface area (Å²) >= 11 is 1.86. The predicted octanol–water partition coefficient (Wildman–Crippen LogP) is 2.99. The van der Waals surface area contributed by atoms with Crippen molar-refractivity contribution < 1.29 is 9.18 Å². The summed E-state index contributed by atoms with van der Waals surface area (Å²) in [6.07, 6.45) is 5.35. The van der Waals surface area contributed by atoms with Gasteiger partial charge in [0.1, 0.15) is 11.4 Å². The summed E-state index contributed by atoms with van der Waals surface area (Å²) in [6.45, 7) is 1.49. The Morgan fingerprint density at radius 2 is 1.76 bits per heavy atom. The molecule has 3 aromatic rings. The van der Waals surface area contributed by atoms with Gasteiger partial charge in [-0.15, -0.1) is 0 Å². The van der Waals surface area contributed by atoms with Crippen molar-refractivity contribution in [3.8, 4) is 11.5 Å². The van der Waals surface area contributed by atoms with Crippen LogP contribution in [0.2, 0.25) is 0 Å². The monoisotopic (exact) mass is 356 g/mol. The molecule has 0 N–H and O–H groups in total. The molecular formula is C18H17FN4OS. The second kappa shape index (κ2) is 6.76. The molecule has 1 aliphatic rings. The Morgan fingerprint density at radius 1 is 1.08 bits per heavy atom. The van der Waals surface area contributed by atoms with E-state index in [1.807, 2.05) is 45.8 Å². The van der Waals surface area contributed by atoms with Crippen LogP contribution in [0.3, 0.4) is 0 Å². The van der Waals surface area contributed by atoms with Gasteiger partial charge in [-0.2, -0.15) is 16.9 Å². The smallest absolute Gasteiger partial charge is 0.259 e. The van der Waals surface area contributed by atoms with Gasteiger partial charge in [-0.25, -0.2) is 9.07 Å². The number of carbonyl (C=O) groups excluding carboxylic acids is 1. The van der Waals surface area contributed by atoms with Crippen molar-refractivity contribution in [2.24, 2.45) is 0 Å². The molecule has 1 aromatic carbocycles. The summed E-state index contributed by atoms with van der Waals surface area (Å²) in [4.78, 5) is 14.9. The van der Waals surface area contributed by atoms with Gasteiger partial charge in [0.2, 0.25) is 0 Å². The Morgan fingerprint density at radius 3 is 2.44 bits per heavy atom. The quantitative estimate of drug-likeness (QED) is 0.725. The number of hydrogen-bond donors (Lipinski definition) is 0. The lowest BCUT2D eigenvalue weighted by Gasteiger charge is -2.26. The molecule has 128 valence electrons. The van der Waals surface area contributed by atoms with Crippen LogP contribution < -0.4 is 0 Å². The molecule has 1 amide bonds. The third-order valence-corrected chi connectivity index (χ3v) is 5.14. The SMILES string of the molecule is O=C(c1cnn(-c2ccc(F)cc2)c1-n1cccc1)N1CCSCC1. The van der Waals surface area contributed by atoms with Gasteiger partial charge in [-0.05, 0) is 36.4 Å². The van der Waals surface area contributed by atoms with Crippen molar-refractivity contribution in [2.45, 2.75) is 0 Å². The van der Waals surface area contributed by atoms with E-state index in [1.165, 1.54) is 12.1 Å². The van der Waals surface area contributed by atoms with E-state index in [0.29, 0.717) is 17.1 Å². The lowest BCUT2D eigenvalue weighted by atomic mass is 10.2. The number of aromatic nitrogens is 3. The first-order chi connectivity index (χ1) is 12.2. The second-order valence-electron chi connectivity index (χ2n) is 5.76. The predicted molar refractivity (Wildman–Crippen MR) is 96.1 cm³/mol. The average Bonchev–Trinajstić information content (AvgIpc) is 3.32. The highest BCUT2D eigenvalue weighted by molar-refractivity contribution is 7.99. The van der Waals surface area contributed by atoms with Gasteiger partial charge in [0.05, 0.1) is 11.9 Å². The van der Waals surface area contributed by atoms with Gasteiger partial charge in [0, 0.05) is 37.0 Å². The highest BCUT2D eigenvalue weighted by Gasteiger charge is 2.25. The van der Waals surface area contributed by atoms with Crippen LogP contribution in [-0.4, -0.2) is 49.7 Å². The number of thioether (sulfide) groups is 1. The lowest BCUT2D eigenvalue weighted by molar-refractivity contribution is 0.0772. The second-order valence-corrected chi connectivity index (χ2v) is 6.99. The summed E-state index contributed by atoms with van der Waals surface area (Å²) in [6, 6.07) is 9.88. The van der Waals surface area contributed by atoms with Crippen LogP contribution >= 0.6 is 11.8 Å². The van der Waals surface area contributed by atoms with Crippen molar-refractivity contribution in [3.63, 3.8) is 0 Å². The number of halogens is 1. The number of nitrogens with zero attached hydrogens (tertiary/aromatic N) is 4. The van der Waals surface area contributed by atoms with E-state index in [9.17, 15) is 9.18 Å². The maximum Gasteiger partial charge on any atom is 0.259 e. The normalized spacial score (nSPS) is 14.7. The molecule has 5 nitrogen and oxygen atoms in total. The first kappa shape index (κ1) is 16.0. The summed E-state index contributed by atoms with van der Waals surface area (Å²) in [5, 5.41) is 4.41. The lowest BCUT2D eigenvalue weighted by Crippen LogP contribution is -2.38. The molecule has 3 heterocycles. The molecule has 1 aliphatic heterocycles. The summed E-state index contributed by atoms with van der Waals surface area (Å²) in [7, 11) is 0. The molecule has 0 spiro atoms. The minimum absolute atomic E-state index is 0.0163. The van der Waals surface area contributed by atoms with Gasteiger partial charge >= 0.3 is 0 Å². The zero-order valence-corrected chi connectivity index (χ0v) is 14.3. The zero-order chi connectivity index (χ0) is 17.2. The van der Waals surface area contributed by atoms with Crippen LogP contribution in [0.25, 0.3) is 11.5 Å². The summed E-state index contributed by atoms with van der Waals surface area (Å²) < 4.78 is 16.8. The Kier molecular flexibility index (Phi) is 4.31. The van der Waals surface area contributed by atoms with Crippen molar-refractivity contribution in [2.75, 3.05) is 24.6 Å². The molecular weight excluding hydrogens is 339 g/mol. The van der Waals surface area contributed by atoms with Crippen LogP contribution in [0.4, 0.5) is 4.39 Å². The molecule has 7 heteroatoms. The molecule has 0 aliphatic carbocycles. The topological polar surface area (TPSA) is 43.1 Å². The van der Waals surface area contributed by atoms with Crippen LogP contribution in [0.15, 0.2) is 55.0 Å². The summed E-state index contributed by atoms with van der Waals surface area (Å²) in [5.41, 5.74) is 1.26. The molecule has 25 heavy (non-hydrogen) atoms. The Bertz CT molecular complexity index is 867. The number of amides is 1. The van der Waals surface area contributed by atoms with Gasteiger partial charge in [0.25, 0.3) is 5.91 Å². The van der Waals surface area contributed by atoms with Gasteiger partial charge < -0.3 is 9.47 Å². The number of carbonyl (C=O) groups is 1. The van der Waals surface area contributed by atoms with E-state index in [4.69, 9.17) is 0 Å². The van der Waals surface area contributed by atoms with Crippen LogP contribution in [0.5, 0.6) is 0 Å². The van der Waals surface area contributed by atoms with Crippen molar-refractivity contribution in [1.29, 1.82) is 0 Å². The Balaban J connectivity index is 1.79. The average molecular weight is 356 g/mol. The van der Waals surface area contributed by atoms with Crippen LogP contribution in [0.1, 0.15) is 10.4 Å². The number of rotatable bonds is 3. The molecule has 0 radical (unpaired) electrons. The van der Waals surface area contributed by atoms with E-state index in [-0.39, 0.29) is 11.7 Å². The van der Waals surface area contributed by atoms with Crippen LogP contribution in [-0.2, 0) is 0 Å². The third-order valence-electron chi connectivity index (χ3n) is 4.19.